The summed E-state index contributed by atoms with van der Waals surface area (Å²) in [7, 11) is 0. The van der Waals surface area contributed by atoms with Gasteiger partial charge in [-0.3, -0.25) is 0 Å². The molecule has 3 nitrogen and oxygen atoms in total. The first kappa shape index (κ1) is 16.2. The lowest BCUT2D eigenvalue weighted by Gasteiger charge is -2.12. The second-order valence-corrected chi connectivity index (χ2v) is 3.94. The fourth-order valence-corrected chi connectivity index (χ4v) is 1.42. The van der Waals surface area contributed by atoms with Gasteiger partial charge in [0.25, 0.3) is 0 Å². The summed E-state index contributed by atoms with van der Waals surface area (Å²) in [6.07, 6.45) is 3.40. The van der Waals surface area contributed by atoms with Crippen LogP contribution in [0.4, 0.5) is 0 Å². The lowest BCUT2D eigenvalue weighted by atomic mass is 10.3. The number of alkyl halides is 1. The molecule has 1 atom stereocenters. The Bertz CT molecular complexity index is 129. The lowest BCUT2D eigenvalue weighted by Crippen LogP contribution is -2.17. The fraction of sp³-hybridized carbons (Fsp3) is 1.00. The molecule has 0 saturated heterocycles. The number of ether oxygens (including phenoxy) is 3. The summed E-state index contributed by atoms with van der Waals surface area (Å²) in [5, 5.41) is 0. The zero-order valence-corrected chi connectivity index (χ0v) is 11.3. The van der Waals surface area contributed by atoms with Gasteiger partial charge in [0.15, 0.2) is 0 Å². The van der Waals surface area contributed by atoms with E-state index >= 15 is 0 Å². The van der Waals surface area contributed by atoms with Crippen LogP contribution in [0.25, 0.3) is 0 Å². The van der Waals surface area contributed by atoms with Crippen molar-refractivity contribution in [3.05, 3.63) is 0 Å². The number of hydrogen-bond donors (Lipinski definition) is 0. The standard InChI is InChI=1S/C12H25ClO3/c1-3-5-6-14-7-8-15-9-10-16-12(4-2)11-13/h12H,3-11H2,1-2H3/t12-/m1/s1. The SMILES string of the molecule is CCCCOCCOCCO[C@H](CC)CCl. The third-order valence-corrected chi connectivity index (χ3v) is 2.57. The van der Waals surface area contributed by atoms with Crippen molar-refractivity contribution in [2.24, 2.45) is 0 Å². The van der Waals surface area contributed by atoms with Crippen LogP contribution in [0.5, 0.6) is 0 Å². The largest absolute Gasteiger partial charge is 0.379 e. The highest BCUT2D eigenvalue weighted by molar-refractivity contribution is 6.18. The molecule has 0 fully saturated rings. The predicted molar refractivity (Wildman–Crippen MR) is 67.3 cm³/mol. The van der Waals surface area contributed by atoms with Crippen molar-refractivity contribution in [3.63, 3.8) is 0 Å². The molecule has 0 saturated carbocycles. The summed E-state index contributed by atoms with van der Waals surface area (Å²) in [6.45, 7) is 7.59. The van der Waals surface area contributed by atoms with Crippen molar-refractivity contribution >= 4 is 11.6 Å². The molecule has 0 amide bonds. The van der Waals surface area contributed by atoms with Gasteiger partial charge >= 0.3 is 0 Å². The smallest absolute Gasteiger partial charge is 0.0708 e. The Kier molecular flexibility index (Phi) is 13.4. The van der Waals surface area contributed by atoms with Gasteiger partial charge in [-0.15, -0.1) is 11.6 Å². The molecule has 0 N–H and O–H groups in total. The summed E-state index contributed by atoms with van der Waals surface area (Å²) >= 11 is 5.69. The van der Waals surface area contributed by atoms with Crippen LogP contribution in [0.2, 0.25) is 0 Å². The molecule has 0 aliphatic heterocycles. The predicted octanol–water partition coefficient (Wildman–Crippen LogP) is 2.85. The third-order valence-electron chi connectivity index (χ3n) is 2.22. The molecular formula is C12H25ClO3. The molecular weight excluding hydrogens is 228 g/mol. The van der Waals surface area contributed by atoms with E-state index < -0.39 is 0 Å². The van der Waals surface area contributed by atoms with Gasteiger partial charge in [0.05, 0.1) is 32.5 Å². The average Bonchev–Trinajstić information content (AvgIpc) is 2.32. The van der Waals surface area contributed by atoms with Crippen molar-refractivity contribution in [1.29, 1.82) is 0 Å². The van der Waals surface area contributed by atoms with E-state index in [1.807, 2.05) is 0 Å². The molecule has 0 aliphatic rings. The summed E-state index contributed by atoms with van der Waals surface area (Å²) < 4.78 is 16.2. The Morgan fingerprint density at radius 3 is 2.12 bits per heavy atom. The first-order valence-corrected chi connectivity index (χ1v) is 6.71. The maximum atomic E-state index is 5.69. The van der Waals surface area contributed by atoms with Crippen LogP contribution in [-0.4, -0.2) is 45.0 Å². The number of rotatable bonds is 12. The van der Waals surface area contributed by atoms with Gasteiger partial charge in [-0.25, -0.2) is 0 Å². The van der Waals surface area contributed by atoms with Crippen LogP contribution in [-0.2, 0) is 14.2 Å². The first-order chi connectivity index (χ1) is 7.85. The van der Waals surface area contributed by atoms with E-state index in [-0.39, 0.29) is 6.10 Å². The van der Waals surface area contributed by atoms with Gasteiger partial charge < -0.3 is 14.2 Å². The molecule has 0 unspecified atom stereocenters. The molecule has 0 aromatic rings. The third kappa shape index (κ3) is 10.7. The van der Waals surface area contributed by atoms with Crippen LogP contribution in [0, 0.1) is 0 Å². The normalized spacial score (nSPS) is 12.9. The summed E-state index contributed by atoms with van der Waals surface area (Å²) in [5.74, 6) is 0.552. The molecule has 0 heterocycles. The fourth-order valence-electron chi connectivity index (χ4n) is 1.11. The van der Waals surface area contributed by atoms with Crippen LogP contribution in [0.3, 0.4) is 0 Å². The van der Waals surface area contributed by atoms with Gasteiger partial charge in [-0.1, -0.05) is 20.3 Å². The zero-order valence-electron chi connectivity index (χ0n) is 10.5. The summed E-state index contributed by atoms with van der Waals surface area (Å²) in [5.41, 5.74) is 0. The number of halogens is 1. The Morgan fingerprint density at radius 1 is 0.938 bits per heavy atom. The summed E-state index contributed by atoms with van der Waals surface area (Å²) in [4.78, 5) is 0. The van der Waals surface area contributed by atoms with Crippen molar-refractivity contribution in [1.82, 2.24) is 0 Å². The van der Waals surface area contributed by atoms with Gasteiger partial charge in [0.2, 0.25) is 0 Å². The molecule has 0 aromatic carbocycles. The molecule has 0 spiro atoms. The Morgan fingerprint density at radius 2 is 1.56 bits per heavy atom. The Labute approximate surface area is 104 Å². The van der Waals surface area contributed by atoms with Crippen molar-refractivity contribution in [2.75, 3.05) is 38.9 Å². The van der Waals surface area contributed by atoms with Gasteiger partial charge in [0.1, 0.15) is 0 Å². The van der Waals surface area contributed by atoms with Gasteiger partial charge in [-0.2, -0.15) is 0 Å². The molecule has 0 aromatic heterocycles. The average molecular weight is 253 g/mol. The van der Waals surface area contributed by atoms with Crippen molar-refractivity contribution < 1.29 is 14.2 Å². The number of hydrogen-bond acceptors (Lipinski definition) is 3. The van der Waals surface area contributed by atoms with E-state index in [0.29, 0.717) is 32.3 Å². The van der Waals surface area contributed by atoms with Gasteiger partial charge in [-0.05, 0) is 12.8 Å². The van der Waals surface area contributed by atoms with E-state index in [9.17, 15) is 0 Å². The highest BCUT2D eigenvalue weighted by Gasteiger charge is 2.03. The van der Waals surface area contributed by atoms with Crippen LogP contribution in [0.15, 0.2) is 0 Å². The van der Waals surface area contributed by atoms with Crippen LogP contribution in [0.1, 0.15) is 33.1 Å². The Hall–Kier alpha value is 0.170. The molecule has 16 heavy (non-hydrogen) atoms. The van der Waals surface area contributed by atoms with E-state index in [0.717, 1.165) is 19.4 Å². The number of unbranched alkanes of at least 4 members (excludes halogenated alkanes) is 1. The van der Waals surface area contributed by atoms with Crippen LogP contribution >= 0.6 is 11.6 Å². The van der Waals surface area contributed by atoms with E-state index in [2.05, 4.69) is 13.8 Å². The highest BCUT2D eigenvalue weighted by Crippen LogP contribution is 1.99. The second-order valence-electron chi connectivity index (χ2n) is 3.63. The zero-order chi connectivity index (χ0) is 12.1. The monoisotopic (exact) mass is 252 g/mol. The van der Waals surface area contributed by atoms with E-state index in [1.165, 1.54) is 6.42 Å². The minimum atomic E-state index is 0.158. The minimum absolute atomic E-state index is 0.158. The van der Waals surface area contributed by atoms with Crippen LogP contribution < -0.4 is 0 Å². The highest BCUT2D eigenvalue weighted by atomic mass is 35.5. The Balaban J connectivity index is 3.03. The molecule has 0 aliphatic carbocycles. The molecule has 0 bridgehead atoms. The molecule has 98 valence electrons. The quantitative estimate of drug-likeness (QED) is 0.395. The molecule has 4 heteroatoms. The lowest BCUT2D eigenvalue weighted by molar-refractivity contribution is -0.00619. The van der Waals surface area contributed by atoms with Crippen molar-refractivity contribution in [2.45, 2.75) is 39.2 Å². The topological polar surface area (TPSA) is 27.7 Å². The maximum absolute atomic E-state index is 5.69. The molecule has 0 radical (unpaired) electrons. The van der Waals surface area contributed by atoms with Gasteiger partial charge in [0, 0.05) is 12.5 Å². The molecule has 0 rings (SSSR count). The maximum Gasteiger partial charge on any atom is 0.0708 e. The van der Waals surface area contributed by atoms with E-state index in [1.54, 1.807) is 0 Å². The van der Waals surface area contributed by atoms with Crippen molar-refractivity contribution in [3.8, 4) is 0 Å². The summed E-state index contributed by atoms with van der Waals surface area (Å²) in [6, 6.07) is 0. The second kappa shape index (κ2) is 13.2. The van der Waals surface area contributed by atoms with E-state index in [4.69, 9.17) is 25.8 Å². The minimum Gasteiger partial charge on any atom is -0.379 e. The first-order valence-electron chi connectivity index (χ1n) is 6.18.